The van der Waals surface area contributed by atoms with Crippen LogP contribution in [0.3, 0.4) is 0 Å². The Kier molecular flexibility index (Phi) is 5.10. The smallest absolute Gasteiger partial charge is 0.306 e. The summed E-state index contributed by atoms with van der Waals surface area (Å²) in [5, 5.41) is 0. The predicted octanol–water partition coefficient (Wildman–Crippen LogP) is 4.73. The number of hydrogen-bond acceptors (Lipinski definition) is 4. The third-order valence-corrected chi connectivity index (χ3v) is 8.76. The van der Waals surface area contributed by atoms with Crippen LogP contribution in [0, 0.1) is 11.8 Å². The van der Waals surface area contributed by atoms with E-state index in [1.54, 1.807) is 4.90 Å². The number of nitrogens with zero attached hydrogens (tertiary/aromatic N) is 3. The Bertz CT molecular complexity index is 1520. The van der Waals surface area contributed by atoms with E-state index in [2.05, 4.69) is 0 Å². The first-order valence-corrected chi connectivity index (χ1v) is 13.0. The van der Waals surface area contributed by atoms with Gasteiger partial charge in [0.1, 0.15) is 5.54 Å². The van der Waals surface area contributed by atoms with Crippen molar-refractivity contribution in [3.63, 3.8) is 0 Å². The van der Waals surface area contributed by atoms with Crippen LogP contribution in [0.1, 0.15) is 29.5 Å². The molecule has 7 rings (SSSR count). The molecule has 6 nitrogen and oxygen atoms in total. The molecule has 0 N–H and O–H groups in total. The minimum absolute atomic E-state index is 0.117. The molecule has 4 aliphatic heterocycles. The number of para-hydroxylation sites is 1. The highest BCUT2D eigenvalue weighted by Gasteiger charge is 2.75. The predicted molar refractivity (Wildman–Crippen MR) is 136 cm³/mol. The van der Waals surface area contributed by atoms with Crippen molar-refractivity contribution in [3.05, 3.63) is 95.6 Å². The second kappa shape index (κ2) is 8.26. The van der Waals surface area contributed by atoms with Crippen LogP contribution in [0.25, 0.3) is 0 Å². The molecule has 0 radical (unpaired) electrons. The van der Waals surface area contributed by atoms with Gasteiger partial charge in [0.2, 0.25) is 11.8 Å². The number of halogens is 3. The molecule has 0 aliphatic carbocycles. The topological polar surface area (TPSA) is 60.9 Å². The molecule has 4 unspecified atom stereocenters. The fourth-order valence-electron chi connectivity index (χ4n) is 7.34. The highest BCUT2D eigenvalue weighted by molar-refractivity contribution is 6.26. The SMILES string of the molecule is O=C1C2C3CCCN3C3(C(=O)N(Cc4ccccc4)c4ccccc43)C2C(=O)N1c1cccc(C(F)(F)F)c1. The lowest BCUT2D eigenvalue weighted by Crippen LogP contribution is -2.55. The van der Waals surface area contributed by atoms with E-state index in [0.29, 0.717) is 30.8 Å². The molecule has 3 fully saturated rings. The van der Waals surface area contributed by atoms with E-state index in [1.165, 1.54) is 12.1 Å². The number of amides is 3. The van der Waals surface area contributed by atoms with E-state index in [-0.39, 0.29) is 17.6 Å². The number of rotatable bonds is 3. The average molecular weight is 532 g/mol. The van der Waals surface area contributed by atoms with E-state index < -0.39 is 40.9 Å². The fraction of sp³-hybridized carbons (Fsp3) is 0.300. The second-order valence-electron chi connectivity index (χ2n) is 10.6. The lowest BCUT2D eigenvalue weighted by Gasteiger charge is -2.37. The standard InChI is InChI=1S/C30H24F3N3O3/c31-30(32,33)19-10-6-11-20(16-19)36-26(37)24-23-14-7-15-35(23)29(25(24)27(36)38)21-12-4-5-13-22(21)34(28(29)39)17-18-8-2-1-3-9-18/h1-6,8-13,16,23-25H,7,14-15,17H2. The maximum absolute atomic E-state index is 14.6. The molecule has 9 heteroatoms. The van der Waals surface area contributed by atoms with Crippen molar-refractivity contribution in [2.75, 3.05) is 16.3 Å². The Balaban J connectivity index is 1.37. The zero-order valence-electron chi connectivity index (χ0n) is 20.8. The van der Waals surface area contributed by atoms with Gasteiger partial charge in [0.05, 0.1) is 29.6 Å². The molecule has 1 spiro atoms. The van der Waals surface area contributed by atoms with Crippen molar-refractivity contribution >= 4 is 29.1 Å². The molecule has 4 aliphatic rings. The number of carbonyl (C=O) groups is 3. The van der Waals surface area contributed by atoms with E-state index in [4.69, 9.17) is 0 Å². The van der Waals surface area contributed by atoms with Gasteiger partial charge in [-0.1, -0.05) is 54.6 Å². The van der Waals surface area contributed by atoms with Crippen LogP contribution in [0.4, 0.5) is 24.5 Å². The minimum atomic E-state index is -4.63. The lowest BCUT2D eigenvalue weighted by molar-refractivity contribution is -0.138. The van der Waals surface area contributed by atoms with Gasteiger partial charge in [0, 0.05) is 17.3 Å². The molecule has 3 amide bonds. The number of hydrogen-bond donors (Lipinski definition) is 0. The van der Waals surface area contributed by atoms with Crippen LogP contribution in [0.2, 0.25) is 0 Å². The Hall–Kier alpha value is -3.98. The molecule has 4 atom stereocenters. The zero-order chi connectivity index (χ0) is 27.1. The molecule has 4 heterocycles. The van der Waals surface area contributed by atoms with Gasteiger partial charge in [-0.2, -0.15) is 13.2 Å². The first kappa shape index (κ1) is 24.1. The Labute approximate surface area is 222 Å². The van der Waals surface area contributed by atoms with E-state index >= 15 is 0 Å². The number of imide groups is 1. The number of anilines is 2. The summed E-state index contributed by atoms with van der Waals surface area (Å²) in [5.74, 6) is -3.27. The van der Waals surface area contributed by atoms with E-state index in [9.17, 15) is 27.6 Å². The van der Waals surface area contributed by atoms with Crippen LogP contribution < -0.4 is 9.80 Å². The molecule has 3 aromatic rings. The first-order chi connectivity index (χ1) is 18.7. The van der Waals surface area contributed by atoms with Crippen molar-refractivity contribution in [3.8, 4) is 0 Å². The molecule has 3 saturated heterocycles. The number of benzene rings is 3. The number of carbonyl (C=O) groups excluding carboxylic acids is 3. The number of alkyl halides is 3. The van der Waals surface area contributed by atoms with Crippen molar-refractivity contribution in [1.29, 1.82) is 0 Å². The second-order valence-corrected chi connectivity index (χ2v) is 10.6. The van der Waals surface area contributed by atoms with Gasteiger partial charge >= 0.3 is 6.18 Å². The van der Waals surface area contributed by atoms with Crippen LogP contribution in [0.5, 0.6) is 0 Å². The summed E-state index contributed by atoms with van der Waals surface area (Å²) in [7, 11) is 0. The molecular weight excluding hydrogens is 507 g/mol. The normalized spacial score (nSPS) is 28.0. The fourth-order valence-corrected chi connectivity index (χ4v) is 7.34. The van der Waals surface area contributed by atoms with Gasteiger partial charge in [-0.15, -0.1) is 0 Å². The average Bonchev–Trinajstić information content (AvgIpc) is 3.63. The minimum Gasteiger partial charge on any atom is -0.306 e. The summed E-state index contributed by atoms with van der Waals surface area (Å²) in [6, 6.07) is 20.8. The largest absolute Gasteiger partial charge is 0.416 e. The quantitative estimate of drug-likeness (QED) is 0.459. The molecule has 39 heavy (non-hydrogen) atoms. The molecular formula is C30H24F3N3O3. The summed E-state index contributed by atoms with van der Waals surface area (Å²) < 4.78 is 40.5. The van der Waals surface area contributed by atoms with Crippen LogP contribution in [-0.2, 0) is 32.6 Å². The van der Waals surface area contributed by atoms with Crippen molar-refractivity contribution in [1.82, 2.24) is 4.90 Å². The van der Waals surface area contributed by atoms with Crippen LogP contribution >= 0.6 is 0 Å². The highest BCUT2D eigenvalue weighted by Crippen LogP contribution is 2.62. The molecule has 0 bridgehead atoms. The summed E-state index contributed by atoms with van der Waals surface area (Å²) >= 11 is 0. The molecule has 198 valence electrons. The van der Waals surface area contributed by atoms with Crippen LogP contribution in [0.15, 0.2) is 78.9 Å². The van der Waals surface area contributed by atoms with Crippen molar-refractivity contribution in [2.24, 2.45) is 11.8 Å². The zero-order valence-corrected chi connectivity index (χ0v) is 20.8. The number of fused-ring (bicyclic) bond motifs is 7. The Morgan fingerprint density at radius 1 is 0.872 bits per heavy atom. The van der Waals surface area contributed by atoms with Gasteiger partial charge < -0.3 is 4.90 Å². The van der Waals surface area contributed by atoms with Gasteiger partial charge in [0.15, 0.2) is 0 Å². The van der Waals surface area contributed by atoms with Crippen LogP contribution in [-0.4, -0.2) is 35.2 Å². The summed E-state index contributed by atoms with van der Waals surface area (Å²) in [6.07, 6.45) is -3.24. The summed E-state index contributed by atoms with van der Waals surface area (Å²) in [5.41, 5.74) is -0.155. The third kappa shape index (κ3) is 3.16. The summed E-state index contributed by atoms with van der Waals surface area (Å²) in [4.78, 5) is 47.3. The maximum atomic E-state index is 14.6. The first-order valence-electron chi connectivity index (χ1n) is 13.0. The van der Waals surface area contributed by atoms with E-state index in [1.807, 2.05) is 59.5 Å². The highest BCUT2D eigenvalue weighted by atomic mass is 19.4. The van der Waals surface area contributed by atoms with Gasteiger partial charge in [-0.05, 0) is 49.2 Å². The van der Waals surface area contributed by atoms with Gasteiger partial charge in [0.25, 0.3) is 5.91 Å². The maximum Gasteiger partial charge on any atom is 0.416 e. The lowest BCUT2D eigenvalue weighted by atomic mass is 9.75. The third-order valence-electron chi connectivity index (χ3n) is 8.76. The molecule has 0 aromatic heterocycles. The monoisotopic (exact) mass is 531 g/mol. The van der Waals surface area contributed by atoms with Gasteiger partial charge in [-0.25, -0.2) is 4.90 Å². The molecule has 0 saturated carbocycles. The summed E-state index contributed by atoms with van der Waals surface area (Å²) in [6.45, 7) is 0.856. The Morgan fingerprint density at radius 2 is 1.62 bits per heavy atom. The Morgan fingerprint density at radius 3 is 2.38 bits per heavy atom. The van der Waals surface area contributed by atoms with Gasteiger partial charge in [-0.3, -0.25) is 19.3 Å². The van der Waals surface area contributed by atoms with Crippen molar-refractivity contribution < 1.29 is 27.6 Å². The molecule has 3 aromatic carbocycles. The van der Waals surface area contributed by atoms with Crippen molar-refractivity contribution in [2.45, 2.75) is 37.1 Å². The van der Waals surface area contributed by atoms with E-state index in [0.717, 1.165) is 29.0 Å².